The van der Waals surface area contributed by atoms with Crippen molar-refractivity contribution in [3.63, 3.8) is 0 Å². The second-order valence-corrected chi connectivity index (χ2v) is 9.62. The average molecular weight is 439 g/mol. The second-order valence-electron chi connectivity index (χ2n) is 7.56. The lowest BCUT2D eigenvalue weighted by atomic mass is 10.2. The van der Waals surface area contributed by atoms with Gasteiger partial charge in [-0.15, -0.1) is 0 Å². The van der Waals surface area contributed by atoms with Crippen LogP contribution in [0.25, 0.3) is 10.9 Å². The third-order valence-electron chi connectivity index (χ3n) is 3.95. The van der Waals surface area contributed by atoms with Crippen molar-refractivity contribution >= 4 is 30.6 Å². The van der Waals surface area contributed by atoms with E-state index in [9.17, 15) is 14.2 Å². The Balaban J connectivity index is 2.52. The molecule has 2 rings (SSSR count). The molecule has 0 radical (unpaired) electrons. The summed E-state index contributed by atoms with van der Waals surface area (Å²) >= 11 is 0. The Morgan fingerprint density at radius 3 is 2.17 bits per heavy atom. The number of hydrogen-bond acceptors (Lipinski definition) is 7. The van der Waals surface area contributed by atoms with Crippen LogP contribution in [-0.2, 0) is 29.2 Å². The van der Waals surface area contributed by atoms with Gasteiger partial charge in [0.25, 0.3) is 0 Å². The molecule has 9 heteroatoms. The van der Waals surface area contributed by atoms with Crippen LogP contribution in [0.4, 0.5) is 4.79 Å². The molecule has 8 nitrogen and oxygen atoms in total. The molecule has 0 aliphatic heterocycles. The molecule has 0 aliphatic carbocycles. The van der Waals surface area contributed by atoms with E-state index in [4.69, 9.17) is 18.5 Å². The van der Waals surface area contributed by atoms with Crippen molar-refractivity contribution in [1.29, 1.82) is 0 Å². The third kappa shape index (κ3) is 5.94. The maximum atomic E-state index is 12.9. The SMILES string of the molecule is CCOC(=O)c1cc2cc(CP(=O)(OCC)OCC)ccc2n1C(=O)OC(C)(C)C. The molecule has 1 heterocycles. The minimum absolute atomic E-state index is 0.0658. The predicted octanol–water partition coefficient (Wildman–Crippen LogP) is 5.37. The summed E-state index contributed by atoms with van der Waals surface area (Å²) in [7, 11) is -3.29. The molecule has 0 atom stereocenters. The van der Waals surface area contributed by atoms with Crippen molar-refractivity contribution in [3.05, 3.63) is 35.5 Å². The lowest BCUT2D eigenvalue weighted by molar-refractivity contribution is 0.0454. The summed E-state index contributed by atoms with van der Waals surface area (Å²) in [5, 5.41) is 0.612. The highest BCUT2D eigenvalue weighted by molar-refractivity contribution is 7.53. The smallest absolute Gasteiger partial charge is 0.419 e. The zero-order valence-corrected chi connectivity index (χ0v) is 19.3. The van der Waals surface area contributed by atoms with Crippen LogP contribution in [0, 0.1) is 0 Å². The number of carbonyl (C=O) groups is 2. The number of esters is 1. The zero-order valence-electron chi connectivity index (χ0n) is 18.4. The number of aromatic nitrogens is 1. The number of hydrogen-bond donors (Lipinski definition) is 0. The van der Waals surface area contributed by atoms with Gasteiger partial charge in [0.05, 0.1) is 31.5 Å². The van der Waals surface area contributed by atoms with E-state index in [1.54, 1.807) is 65.8 Å². The lowest BCUT2D eigenvalue weighted by Crippen LogP contribution is -2.29. The van der Waals surface area contributed by atoms with Crippen LogP contribution in [-0.4, -0.2) is 42.1 Å². The van der Waals surface area contributed by atoms with Crippen molar-refractivity contribution in [1.82, 2.24) is 4.57 Å². The van der Waals surface area contributed by atoms with E-state index in [-0.39, 0.29) is 31.7 Å². The summed E-state index contributed by atoms with van der Waals surface area (Å²) in [6.45, 7) is 11.1. The van der Waals surface area contributed by atoms with Crippen molar-refractivity contribution in [2.24, 2.45) is 0 Å². The summed E-state index contributed by atoms with van der Waals surface area (Å²) in [5.41, 5.74) is 0.514. The van der Waals surface area contributed by atoms with Gasteiger partial charge in [-0.25, -0.2) is 14.2 Å². The Hall–Kier alpha value is -2.15. The van der Waals surface area contributed by atoms with Crippen molar-refractivity contribution in [2.45, 2.75) is 53.3 Å². The first-order chi connectivity index (χ1) is 14.0. The van der Waals surface area contributed by atoms with Crippen LogP contribution in [0.5, 0.6) is 0 Å². The Morgan fingerprint density at radius 1 is 1.00 bits per heavy atom. The number of nitrogens with zero attached hydrogens (tertiary/aromatic N) is 1. The molecule has 1 aromatic carbocycles. The van der Waals surface area contributed by atoms with Crippen LogP contribution in [0.1, 0.15) is 57.6 Å². The molecule has 0 saturated carbocycles. The summed E-state index contributed by atoms with van der Waals surface area (Å²) in [6.07, 6.45) is -0.598. The quantitative estimate of drug-likeness (QED) is 0.403. The van der Waals surface area contributed by atoms with Gasteiger partial charge in [-0.1, -0.05) is 6.07 Å². The fraction of sp³-hybridized carbons (Fsp3) is 0.524. The van der Waals surface area contributed by atoms with Gasteiger partial charge >= 0.3 is 19.7 Å². The maximum absolute atomic E-state index is 12.9. The second kappa shape index (κ2) is 9.77. The predicted molar refractivity (Wildman–Crippen MR) is 114 cm³/mol. The summed E-state index contributed by atoms with van der Waals surface area (Å²) in [6, 6.07) is 6.72. The van der Waals surface area contributed by atoms with Crippen LogP contribution in [0.15, 0.2) is 24.3 Å². The molecule has 0 unspecified atom stereocenters. The Labute approximate surface area is 177 Å². The highest BCUT2D eigenvalue weighted by Crippen LogP contribution is 2.51. The summed E-state index contributed by atoms with van der Waals surface area (Å²) < 4.78 is 35.3. The number of fused-ring (bicyclic) bond motifs is 1. The monoisotopic (exact) mass is 439 g/mol. The van der Waals surface area contributed by atoms with Crippen molar-refractivity contribution < 1.29 is 32.7 Å². The molecule has 166 valence electrons. The Bertz CT molecular complexity index is 948. The molecule has 2 aromatic rings. The molecule has 30 heavy (non-hydrogen) atoms. The van der Waals surface area contributed by atoms with Gasteiger partial charge in [-0.2, -0.15) is 0 Å². The van der Waals surface area contributed by atoms with Gasteiger partial charge in [0.1, 0.15) is 11.3 Å². The highest BCUT2D eigenvalue weighted by atomic mass is 31.2. The minimum Gasteiger partial charge on any atom is -0.461 e. The lowest BCUT2D eigenvalue weighted by Gasteiger charge is -2.20. The normalized spacial score (nSPS) is 12.2. The zero-order chi connectivity index (χ0) is 22.5. The van der Waals surface area contributed by atoms with E-state index < -0.39 is 25.3 Å². The molecular weight excluding hydrogens is 409 g/mol. The molecule has 0 amide bonds. The number of carbonyl (C=O) groups excluding carboxylic acids is 2. The first-order valence-corrected chi connectivity index (χ1v) is 11.7. The number of benzene rings is 1. The first kappa shape index (κ1) is 24.1. The van der Waals surface area contributed by atoms with Crippen LogP contribution >= 0.6 is 7.60 Å². The van der Waals surface area contributed by atoms with Gasteiger partial charge in [0.15, 0.2) is 0 Å². The standard InChI is InChI=1S/C21H30NO7P/c1-7-26-19(23)18-13-16-12-15(14-30(25,27-8-2)28-9-3)10-11-17(16)22(18)20(24)29-21(4,5)6/h10-13H,7-9,14H2,1-6H3. The minimum atomic E-state index is -3.29. The molecular formula is C21H30NO7P. The Kier molecular flexibility index (Phi) is 7.86. The van der Waals surface area contributed by atoms with E-state index >= 15 is 0 Å². The van der Waals surface area contributed by atoms with Crippen LogP contribution in [0.2, 0.25) is 0 Å². The number of ether oxygens (including phenoxy) is 2. The molecule has 0 saturated heterocycles. The van der Waals surface area contributed by atoms with E-state index in [2.05, 4.69) is 0 Å². The van der Waals surface area contributed by atoms with Gasteiger partial charge < -0.3 is 18.5 Å². The summed E-state index contributed by atoms with van der Waals surface area (Å²) in [4.78, 5) is 25.3. The third-order valence-corrected chi connectivity index (χ3v) is 6.01. The van der Waals surface area contributed by atoms with E-state index in [1.165, 1.54) is 4.57 Å². The molecule has 0 spiro atoms. The summed E-state index contributed by atoms with van der Waals surface area (Å²) in [5.74, 6) is -0.629. The fourth-order valence-electron chi connectivity index (χ4n) is 2.97. The number of rotatable bonds is 8. The van der Waals surface area contributed by atoms with Gasteiger partial charge in [-0.3, -0.25) is 4.57 Å². The van der Waals surface area contributed by atoms with Crippen LogP contribution in [0.3, 0.4) is 0 Å². The van der Waals surface area contributed by atoms with E-state index in [1.807, 2.05) is 0 Å². The van der Waals surface area contributed by atoms with Gasteiger partial charge in [0.2, 0.25) is 0 Å². The molecule has 0 bridgehead atoms. The van der Waals surface area contributed by atoms with Gasteiger partial charge in [0, 0.05) is 5.39 Å². The first-order valence-electron chi connectivity index (χ1n) is 9.96. The Morgan fingerprint density at radius 2 is 1.63 bits per heavy atom. The van der Waals surface area contributed by atoms with Gasteiger partial charge in [-0.05, 0) is 65.3 Å². The molecule has 1 aromatic heterocycles. The average Bonchev–Trinajstić information content (AvgIpc) is 2.99. The van der Waals surface area contributed by atoms with Crippen LogP contribution < -0.4 is 0 Å². The fourth-order valence-corrected chi connectivity index (χ4v) is 4.66. The molecule has 0 N–H and O–H groups in total. The van der Waals surface area contributed by atoms with E-state index in [0.717, 1.165) is 0 Å². The van der Waals surface area contributed by atoms with Crippen molar-refractivity contribution in [3.8, 4) is 0 Å². The maximum Gasteiger partial charge on any atom is 0.419 e. The van der Waals surface area contributed by atoms with Crippen molar-refractivity contribution in [2.75, 3.05) is 19.8 Å². The highest BCUT2D eigenvalue weighted by Gasteiger charge is 2.27. The molecule has 0 aliphatic rings. The van der Waals surface area contributed by atoms with E-state index in [0.29, 0.717) is 16.5 Å². The molecule has 0 fully saturated rings. The topological polar surface area (TPSA) is 93.1 Å². The largest absolute Gasteiger partial charge is 0.461 e.